The number of halogens is 2. The Kier molecular flexibility index (Phi) is 8.21. The molecule has 1 aromatic heterocycles. The van der Waals surface area contributed by atoms with E-state index in [-0.39, 0.29) is 17.7 Å². The Morgan fingerprint density at radius 3 is 2.12 bits per heavy atom. The number of piperidine rings is 1. The molecular formula is C27H29F2NOS. The van der Waals surface area contributed by atoms with Gasteiger partial charge in [-0.3, -0.25) is 4.90 Å². The van der Waals surface area contributed by atoms with Gasteiger partial charge in [-0.15, -0.1) is 11.3 Å². The van der Waals surface area contributed by atoms with Crippen LogP contribution in [0.25, 0.3) is 6.08 Å². The molecule has 1 fully saturated rings. The minimum absolute atomic E-state index is 0.274. The number of hydrogen-bond donors (Lipinski definition) is 0. The molecular weight excluding hydrogens is 424 g/mol. The molecule has 4 rings (SSSR count). The van der Waals surface area contributed by atoms with E-state index in [9.17, 15) is 8.78 Å². The third-order valence-corrected chi connectivity index (χ3v) is 6.89. The molecule has 1 saturated heterocycles. The van der Waals surface area contributed by atoms with Crippen LogP contribution in [0.4, 0.5) is 8.78 Å². The molecule has 0 aliphatic carbocycles. The van der Waals surface area contributed by atoms with Crippen LogP contribution in [-0.4, -0.2) is 31.1 Å². The third kappa shape index (κ3) is 6.58. The van der Waals surface area contributed by atoms with E-state index in [1.54, 1.807) is 35.6 Å². The fraction of sp³-hybridized carbons (Fsp3) is 0.333. The zero-order valence-corrected chi connectivity index (χ0v) is 18.9. The number of hydrogen-bond acceptors (Lipinski definition) is 3. The van der Waals surface area contributed by atoms with Crippen molar-refractivity contribution >= 4 is 17.4 Å². The fourth-order valence-electron chi connectivity index (χ4n) is 4.17. The van der Waals surface area contributed by atoms with Gasteiger partial charge in [0.25, 0.3) is 0 Å². The van der Waals surface area contributed by atoms with Crippen LogP contribution in [0.15, 0.2) is 72.1 Å². The fourth-order valence-corrected chi connectivity index (χ4v) is 4.82. The predicted molar refractivity (Wildman–Crippen MR) is 128 cm³/mol. The number of nitrogens with zero attached hydrogens (tertiary/aromatic N) is 1. The summed E-state index contributed by atoms with van der Waals surface area (Å²) in [5, 5.41) is 2.10. The minimum atomic E-state index is -0.321. The second-order valence-corrected chi connectivity index (χ2v) is 9.28. The second kappa shape index (κ2) is 11.5. The van der Waals surface area contributed by atoms with Gasteiger partial charge in [-0.05, 0) is 91.2 Å². The molecule has 0 atom stereocenters. The topological polar surface area (TPSA) is 12.5 Å². The SMILES string of the molecule is Fc1ccc(C(OCCC2CCN(C/C=C/c3cccs3)CC2)c2ccc(F)cc2)cc1. The maximum Gasteiger partial charge on any atom is 0.123 e. The molecule has 3 aromatic rings. The molecule has 0 bridgehead atoms. The van der Waals surface area contributed by atoms with Crippen LogP contribution in [0.1, 0.15) is 41.4 Å². The van der Waals surface area contributed by atoms with Gasteiger partial charge in [0.1, 0.15) is 17.7 Å². The first-order chi connectivity index (χ1) is 15.7. The molecule has 0 radical (unpaired) electrons. The van der Waals surface area contributed by atoms with Crippen molar-refractivity contribution in [2.75, 3.05) is 26.2 Å². The van der Waals surface area contributed by atoms with Crippen molar-refractivity contribution in [3.05, 3.63) is 99.8 Å². The first-order valence-electron chi connectivity index (χ1n) is 11.2. The lowest BCUT2D eigenvalue weighted by Crippen LogP contribution is -2.34. The van der Waals surface area contributed by atoms with Gasteiger partial charge in [0, 0.05) is 18.0 Å². The quantitative estimate of drug-likeness (QED) is 0.348. The maximum atomic E-state index is 13.4. The van der Waals surface area contributed by atoms with E-state index >= 15 is 0 Å². The van der Waals surface area contributed by atoms with E-state index in [4.69, 9.17) is 4.74 Å². The Balaban J connectivity index is 1.26. The Morgan fingerprint density at radius 1 is 0.938 bits per heavy atom. The summed E-state index contributed by atoms with van der Waals surface area (Å²) in [6, 6.07) is 17.0. The van der Waals surface area contributed by atoms with E-state index in [0.29, 0.717) is 12.5 Å². The Hall–Kier alpha value is -2.34. The molecule has 0 amide bonds. The standard InChI is InChI=1S/C27H29F2NOS/c28-24-9-5-22(6-10-24)27(23-7-11-25(29)12-8-23)31-19-15-21-13-17-30(18-14-21)16-1-3-26-4-2-20-32-26/h1-12,20-21,27H,13-19H2/b3-1+. The highest BCUT2D eigenvalue weighted by atomic mass is 32.1. The molecule has 0 saturated carbocycles. The van der Waals surface area contributed by atoms with E-state index < -0.39 is 0 Å². The summed E-state index contributed by atoms with van der Waals surface area (Å²) < 4.78 is 33.0. The summed E-state index contributed by atoms with van der Waals surface area (Å²) in [7, 11) is 0. The monoisotopic (exact) mass is 453 g/mol. The Bertz CT molecular complexity index is 916. The third-order valence-electron chi connectivity index (χ3n) is 6.05. The van der Waals surface area contributed by atoms with Crippen LogP contribution in [0.3, 0.4) is 0 Å². The first kappa shape index (κ1) is 22.8. The van der Waals surface area contributed by atoms with Crippen molar-refractivity contribution in [3.63, 3.8) is 0 Å². The first-order valence-corrected chi connectivity index (χ1v) is 12.1. The molecule has 1 aliphatic heterocycles. The number of benzene rings is 2. The molecule has 32 heavy (non-hydrogen) atoms. The summed E-state index contributed by atoms with van der Waals surface area (Å²) >= 11 is 1.76. The summed E-state index contributed by atoms with van der Waals surface area (Å²) in [5.41, 5.74) is 1.76. The van der Waals surface area contributed by atoms with E-state index in [1.807, 2.05) is 0 Å². The number of rotatable bonds is 9. The van der Waals surface area contributed by atoms with Crippen molar-refractivity contribution in [1.29, 1.82) is 0 Å². The maximum absolute atomic E-state index is 13.4. The van der Waals surface area contributed by atoms with Crippen molar-refractivity contribution in [2.45, 2.75) is 25.4 Å². The van der Waals surface area contributed by atoms with Gasteiger partial charge >= 0.3 is 0 Å². The van der Waals surface area contributed by atoms with Gasteiger partial charge in [-0.25, -0.2) is 8.78 Å². The highest BCUT2D eigenvalue weighted by Gasteiger charge is 2.20. The minimum Gasteiger partial charge on any atom is -0.369 e. The van der Waals surface area contributed by atoms with Gasteiger partial charge < -0.3 is 4.74 Å². The van der Waals surface area contributed by atoms with Crippen LogP contribution in [-0.2, 0) is 4.74 Å². The normalized spacial score (nSPS) is 15.7. The lowest BCUT2D eigenvalue weighted by molar-refractivity contribution is 0.0609. The zero-order valence-electron chi connectivity index (χ0n) is 18.1. The summed E-state index contributed by atoms with van der Waals surface area (Å²) in [5.74, 6) is 0.0989. The molecule has 0 N–H and O–H groups in total. The average Bonchev–Trinajstić information content (AvgIpc) is 3.33. The smallest absolute Gasteiger partial charge is 0.123 e. The number of ether oxygens (including phenoxy) is 1. The zero-order chi connectivity index (χ0) is 22.2. The van der Waals surface area contributed by atoms with Crippen LogP contribution in [0.5, 0.6) is 0 Å². The van der Waals surface area contributed by atoms with E-state index in [0.717, 1.165) is 37.2 Å². The van der Waals surface area contributed by atoms with Crippen LogP contribution in [0, 0.1) is 17.6 Å². The molecule has 2 aromatic carbocycles. The highest BCUT2D eigenvalue weighted by molar-refractivity contribution is 7.10. The van der Waals surface area contributed by atoms with Crippen molar-refractivity contribution in [2.24, 2.45) is 5.92 Å². The largest absolute Gasteiger partial charge is 0.369 e. The average molecular weight is 454 g/mol. The summed E-state index contributed by atoms with van der Waals surface area (Å²) in [6.45, 7) is 3.85. The molecule has 1 aliphatic rings. The predicted octanol–water partition coefficient (Wildman–Crippen LogP) is 6.95. The lowest BCUT2D eigenvalue weighted by Gasteiger charge is -2.31. The van der Waals surface area contributed by atoms with Gasteiger partial charge in [-0.1, -0.05) is 36.4 Å². The van der Waals surface area contributed by atoms with Crippen molar-refractivity contribution < 1.29 is 13.5 Å². The number of thiophene rings is 1. The van der Waals surface area contributed by atoms with Crippen molar-refractivity contribution in [3.8, 4) is 0 Å². The van der Waals surface area contributed by atoms with Gasteiger partial charge in [0.2, 0.25) is 0 Å². The number of likely N-dealkylation sites (tertiary alicyclic amines) is 1. The van der Waals surface area contributed by atoms with E-state index in [1.165, 1.54) is 42.0 Å². The van der Waals surface area contributed by atoms with Crippen LogP contribution >= 0.6 is 11.3 Å². The molecule has 2 heterocycles. The van der Waals surface area contributed by atoms with Crippen LogP contribution in [0.2, 0.25) is 0 Å². The molecule has 0 spiro atoms. The van der Waals surface area contributed by atoms with Crippen LogP contribution < -0.4 is 0 Å². The Morgan fingerprint density at radius 2 is 1.56 bits per heavy atom. The molecule has 0 unspecified atom stereocenters. The summed E-state index contributed by atoms with van der Waals surface area (Å²) in [6.07, 6.45) is 7.49. The molecule has 5 heteroatoms. The van der Waals surface area contributed by atoms with Gasteiger partial charge in [-0.2, -0.15) is 0 Å². The van der Waals surface area contributed by atoms with E-state index in [2.05, 4.69) is 34.6 Å². The second-order valence-electron chi connectivity index (χ2n) is 8.30. The lowest BCUT2D eigenvalue weighted by atomic mass is 9.94. The Labute approximate surface area is 193 Å². The van der Waals surface area contributed by atoms with Gasteiger partial charge in [0.05, 0.1) is 0 Å². The van der Waals surface area contributed by atoms with Crippen molar-refractivity contribution in [1.82, 2.24) is 4.90 Å². The molecule has 168 valence electrons. The summed E-state index contributed by atoms with van der Waals surface area (Å²) in [4.78, 5) is 3.80. The highest BCUT2D eigenvalue weighted by Crippen LogP contribution is 2.28. The van der Waals surface area contributed by atoms with Gasteiger partial charge in [0.15, 0.2) is 0 Å². The molecule has 2 nitrogen and oxygen atoms in total.